The van der Waals surface area contributed by atoms with Gasteiger partial charge in [0.25, 0.3) is 0 Å². The highest BCUT2D eigenvalue weighted by atomic mass is 35.5. The Hall–Kier alpha value is -1.76. The van der Waals surface area contributed by atoms with Gasteiger partial charge in [-0.3, -0.25) is 4.79 Å². The van der Waals surface area contributed by atoms with Gasteiger partial charge in [-0.1, -0.05) is 11.6 Å². The third-order valence-electron chi connectivity index (χ3n) is 2.97. The summed E-state index contributed by atoms with van der Waals surface area (Å²) in [6.45, 7) is -0.173. The Labute approximate surface area is 116 Å². The summed E-state index contributed by atoms with van der Waals surface area (Å²) in [6, 6.07) is 2.43. The van der Waals surface area contributed by atoms with Crippen LogP contribution in [0, 0.1) is 0 Å². The van der Waals surface area contributed by atoms with Gasteiger partial charge in [-0.2, -0.15) is 13.2 Å². The number of hydrogen-bond donors (Lipinski definition) is 1. The lowest BCUT2D eigenvalue weighted by molar-refractivity contribution is -0.170. The third kappa shape index (κ3) is 2.58. The lowest BCUT2D eigenvalue weighted by atomic mass is 9.97. The molecule has 0 atom stereocenters. The molecular weight excluding hydrogens is 299 g/mol. The van der Waals surface area contributed by atoms with Crippen LogP contribution in [0.1, 0.15) is 22.3 Å². The van der Waals surface area contributed by atoms with E-state index in [9.17, 15) is 22.8 Å². The van der Waals surface area contributed by atoms with Crippen LogP contribution in [0.5, 0.6) is 0 Å². The maximum Gasteiger partial charge on any atom is 0.471 e. The lowest BCUT2D eigenvalue weighted by Gasteiger charge is -2.31. The summed E-state index contributed by atoms with van der Waals surface area (Å²) >= 11 is 5.75. The van der Waals surface area contributed by atoms with Crippen molar-refractivity contribution in [2.24, 2.45) is 0 Å². The Kier molecular flexibility index (Phi) is 3.64. The third-order valence-corrected chi connectivity index (χ3v) is 3.19. The van der Waals surface area contributed by atoms with Gasteiger partial charge >= 0.3 is 18.1 Å². The van der Waals surface area contributed by atoms with Crippen LogP contribution in [-0.4, -0.2) is 29.7 Å². The molecule has 1 aliphatic rings. The average molecular weight is 308 g/mol. The van der Waals surface area contributed by atoms with Crippen molar-refractivity contribution in [3.05, 3.63) is 28.3 Å². The molecule has 1 amide bonds. The number of aryl methyl sites for hydroxylation is 1. The Bertz CT molecular complexity index is 586. The van der Waals surface area contributed by atoms with Gasteiger partial charge in [0.1, 0.15) is 0 Å². The summed E-state index contributed by atoms with van der Waals surface area (Å²) in [5.41, 5.74) is -0.279. The smallest absolute Gasteiger partial charge is 0.471 e. The van der Waals surface area contributed by atoms with E-state index >= 15 is 0 Å². The summed E-state index contributed by atoms with van der Waals surface area (Å²) in [5.74, 6) is -3.49. The van der Waals surface area contributed by atoms with Gasteiger partial charge in [0, 0.05) is 11.6 Å². The second-order valence-corrected chi connectivity index (χ2v) is 4.76. The number of anilines is 1. The van der Waals surface area contributed by atoms with E-state index in [0.717, 1.165) is 6.07 Å². The zero-order valence-corrected chi connectivity index (χ0v) is 10.8. The van der Waals surface area contributed by atoms with Gasteiger partial charge in [0.15, 0.2) is 0 Å². The van der Waals surface area contributed by atoms with E-state index in [4.69, 9.17) is 16.7 Å². The summed E-state index contributed by atoms with van der Waals surface area (Å²) in [4.78, 5) is 23.1. The first-order valence-electron chi connectivity index (χ1n) is 5.66. The number of nitrogens with zero attached hydrogens (tertiary/aromatic N) is 1. The number of carbonyl (C=O) groups excluding carboxylic acids is 1. The molecule has 1 aliphatic heterocycles. The second-order valence-electron chi connectivity index (χ2n) is 4.32. The number of benzene rings is 1. The van der Waals surface area contributed by atoms with E-state index < -0.39 is 23.6 Å². The maximum atomic E-state index is 12.6. The van der Waals surface area contributed by atoms with Crippen molar-refractivity contribution in [1.82, 2.24) is 0 Å². The monoisotopic (exact) mass is 307 g/mol. The predicted molar refractivity (Wildman–Crippen MR) is 65.1 cm³/mol. The molecule has 8 heteroatoms. The van der Waals surface area contributed by atoms with Crippen LogP contribution in [0.3, 0.4) is 0 Å². The summed E-state index contributed by atoms with van der Waals surface area (Å²) in [5, 5.41) is 9.20. The van der Waals surface area contributed by atoms with E-state index in [-0.39, 0.29) is 17.3 Å². The summed E-state index contributed by atoms with van der Waals surface area (Å²) in [7, 11) is 0. The number of amides is 1. The lowest BCUT2D eigenvalue weighted by Crippen LogP contribution is -2.44. The molecule has 2 rings (SSSR count). The zero-order valence-electron chi connectivity index (χ0n) is 10.00. The molecule has 0 saturated heterocycles. The first-order chi connectivity index (χ1) is 9.21. The number of aromatic carboxylic acids is 1. The van der Waals surface area contributed by atoms with Crippen LogP contribution in [-0.2, 0) is 11.2 Å². The highest BCUT2D eigenvalue weighted by Gasteiger charge is 2.45. The Morgan fingerprint density at radius 1 is 1.30 bits per heavy atom. The van der Waals surface area contributed by atoms with E-state index in [1.54, 1.807) is 0 Å². The number of halogens is 4. The number of carboxylic acids is 1. The van der Waals surface area contributed by atoms with Crippen LogP contribution < -0.4 is 4.90 Å². The van der Waals surface area contributed by atoms with Crippen molar-refractivity contribution in [1.29, 1.82) is 0 Å². The average Bonchev–Trinajstić information content (AvgIpc) is 2.34. The standard InChI is InChI=1S/C12H9ClF3NO3/c13-7-4-6-2-1-3-17(11(20)12(14,15)16)9(6)8(5-7)10(18)19/h4-5H,1-3H2,(H,18,19). The van der Waals surface area contributed by atoms with Gasteiger partial charge in [0.2, 0.25) is 0 Å². The van der Waals surface area contributed by atoms with Crippen LogP contribution >= 0.6 is 11.6 Å². The van der Waals surface area contributed by atoms with Crippen molar-refractivity contribution in [3.8, 4) is 0 Å². The molecule has 0 saturated carbocycles. The fourth-order valence-corrected chi connectivity index (χ4v) is 2.46. The predicted octanol–water partition coefficient (Wildman–Crippen LogP) is 2.88. The van der Waals surface area contributed by atoms with Crippen molar-refractivity contribution in [2.75, 3.05) is 11.4 Å². The minimum atomic E-state index is -5.05. The molecule has 1 aromatic rings. The topological polar surface area (TPSA) is 57.6 Å². The number of fused-ring (bicyclic) bond motifs is 1. The highest BCUT2D eigenvalue weighted by Crippen LogP contribution is 2.36. The van der Waals surface area contributed by atoms with E-state index in [0.29, 0.717) is 23.3 Å². The number of rotatable bonds is 1. The number of carbonyl (C=O) groups is 2. The van der Waals surface area contributed by atoms with E-state index in [1.165, 1.54) is 6.07 Å². The Morgan fingerprint density at radius 3 is 2.50 bits per heavy atom. The molecule has 0 spiro atoms. The van der Waals surface area contributed by atoms with Crippen LogP contribution in [0.25, 0.3) is 0 Å². The minimum Gasteiger partial charge on any atom is -0.478 e. The number of hydrogen-bond acceptors (Lipinski definition) is 2. The van der Waals surface area contributed by atoms with Crippen molar-refractivity contribution >= 4 is 29.2 Å². The minimum absolute atomic E-state index is 0.113. The second kappa shape index (κ2) is 4.97. The molecule has 0 fully saturated rings. The van der Waals surface area contributed by atoms with Crippen molar-refractivity contribution in [3.63, 3.8) is 0 Å². The SMILES string of the molecule is O=C(O)c1cc(Cl)cc2c1N(C(=O)C(F)(F)F)CCC2. The van der Waals surface area contributed by atoms with E-state index in [2.05, 4.69) is 0 Å². The molecule has 0 bridgehead atoms. The molecule has 0 radical (unpaired) electrons. The molecule has 108 valence electrons. The quantitative estimate of drug-likeness (QED) is 0.868. The van der Waals surface area contributed by atoms with Gasteiger partial charge in [-0.25, -0.2) is 4.79 Å². The summed E-state index contributed by atoms with van der Waals surface area (Å²) < 4.78 is 37.7. The van der Waals surface area contributed by atoms with Gasteiger partial charge in [-0.15, -0.1) is 0 Å². The van der Waals surface area contributed by atoms with Crippen molar-refractivity contribution < 1.29 is 27.9 Å². The molecule has 20 heavy (non-hydrogen) atoms. The molecule has 1 N–H and O–H groups in total. The Morgan fingerprint density at radius 2 is 1.95 bits per heavy atom. The molecule has 4 nitrogen and oxygen atoms in total. The number of carboxylic acid groups (broad SMARTS) is 1. The van der Waals surface area contributed by atoms with Crippen LogP contribution in [0.4, 0.5) is 18.9 Å². The molecule has 1 aromatic carbocycles. The first kappa shape index (κ1) is 14.6. The first-order valence-corrected chi connectivity index (χ1v) is 6.04. The molecular formula is C12H9ClF3NO3. The zero-order chi connectivity index (χ0) is 15.1. The van der Waals surface area contributed by atoms with Crippen LogP contribution in [0.15, 0.2) is 12.1 Å². The normalized spacial score (nSPS) is 14.9. The maximum absolute atomic E-state index is 12.6. The van der Waals surface area contributed by atoms with Gasteiger partial charge in [0.05, 0.1) is 11.3 Å². The van der Waals surface area contributed by atoms with E-state index in [1.807, 2.05) is 0 Å². The van der Waals surface area contributed by atoms with Gasteiger partial charge < -0.3 is 10.0 Å². The largest absolute Gasteiger partial charge is 0.478 e. The fourth-order valence-electron chi connectivity index (χ4n) is 2.22. The van der Waals surface area contributed by atoms with Crippen molar-refractivity contribution in [2.45, 2.75) is 19.0 Å². The highest BCUT2D eigenvalue weighted by molar-refractivity contribution is 6.31. The van der Waals surface area contributed by atoms with Crippen LogP contribution in [0.2, 0.25) is 5.02 Å². The molecule has 0 unspecified atom stereocenters. The molecule has 0 aromatic heterocycles. The molecule has 1 heterocycles. The fraction of sp³-hybridized carbons (Fsp3) is 0.333. The van der Waals surface area contributed by atoms with Gasteiger partial charge in [-0.05, 0) is 30.5 Å². The summed E-state index contributed by atoms with van der Waals surface area (Å²) in [6.07, 6.45) is -4.37. The number of alkyl halides is 3. The Balaban J connectivity index is 2.60. The molecule has 0 aliphatic carbocycles.